The third kappa shape index (κ3) is 4.08. The Labute approximate surface area is 145 Å². The lowest BCUT2D eigenvalue weighted by Crippen LogP contribution is -2.25. The Kier molecular flexibility index (Phi) is 6.24. The van der Waals surface area contributed by atoms with Gasteiger partial charge in [0.15, 0.2) is 5.16 Å². The Hall–Kier alpha value is -2.03. The van der Waals surface area contributed by atoms with E-state index in [1.54, 1.807) is 28.4 Å². The van der Waals surface area contributed by atoms with E-state index in [2.05, 4.69) is 27.5 Å². The number of amides is 1. The van der Waals surface area contributed by atoms with Gasteiger partial charge in [-0.15, -0.1) is 5.10 Å². The van der Waals surface area contributed by atoms with Crippen LogP contribution >= 0.6 is 11.8 Å². The highest BCUT2D eigenvalue weighted by Gasteiger charge is 2.20. The molecule has 1 amide bonds. The van der Waals surface area contributed by atoms with Gasteiger partial charge in [-0.1, -0.05) is 25.6 Å². The van der Waals surface area contributed by atoms with Crippen molar-refractivity contribution < 1.29 is 4.79 Å². The average Bonchev–Trinajstić information content (AvgIpc) is 3.15. The van der Waals surface area contributed by atoms with Crippen LogP contribution in [0, 0.1) is 0 Å². The number of aromatic amines is 1. The Morgan fingerprint density at radius 1 is 1.42 bits per heavy atom. The topological polar surface area (TPSA) is 97.6 Å². The molecule has 24 heavy (non-hydrogen) atoms. The maximum Gasteiger partial charge on any atom is 0.343 e. The summed E-state index contributed by atoms with van der Waals surface area (Å²) in [5.74, 6) is 0.526. The molecule has 2 rings (SSSR count). The molecule has 0 aromatic carbocycles. The number of aromatic nitrogens is 5. The molecule has 0 spiro atoms. The summed E-state index contributed by atoms with van der Waals surface area (Å²) in [6.07, 6.45) is 3.42. The fourth-order valence-electron chi connectivity index (χ4n) is 2.19. The predicted octanol–water partition coefficient (Wildman–Crippen LogP) is 2.27. The van der Waals surface area contributed by atoms with E-state index >= 15 is 0 Å². The molecule has 2 aromatic heterocycles. The molecule has 0 bridgehead atoms. The molecule has 0 radical (unpaired) electrons. The van der Waals surface area contributed by atoms with Crippen molar-refractivity contribution in [3.8, 4) is 0 Å². The van der Waals surface area contributed by atoms with Crippen molar-refractivity contribution in [1.82, 2.24) is 24.5 Å². The van der Waals surface area contributed by atoms with Gasteiger partial charge in [0.2, 0.25) is 5.91 Å². The van der Waals surface area contributed by atoms with Crippen LogP contribution in [0.5, 0.6) is 0 Å². The predicted molar refractivity (Wildman–Crippen MR) is 94.3 cm³/mol. The summed E-state index contributed by atoms with van der Waals surface area (Å²) in [4.78, 5) is 24.2. The largest absolute Gasteiger partial charge is 0.343 e. The number of H-pyrrole nitrogens is 1. The highest BCUT2D eigenvalue weighted by atomic mass is 32.2. The van der Waals surface area contributed by atoms with Crippen molar-refractivity contribution in [1.29, 1.82) is 0 Å². The Bertz CT molecular complexity index is 734. The van der Waals surface area contributed by atoms with Crippen molar-refractivity contribution in [2.24, 2.45) is 0 Å². The van der Waals surface area contributed by atoms with Gasteiger partial charge >= 0.3 is 5.69 Å². The number of rotatable bonds is 8. The highest BCUT2D eigenvalue weighted by Crippen LogP contribution is 2.22. The summed E-state index contributed by atoms with van der Waals surface area (Å²) in [5, 5.41) is 13.7. The first-order valence-corrected chi connectivity index (χ1v) is 9.02. The van der Waals surface area contributed by atoms with Gasteiger partial charge in [-0.05, 0) is 26.7 Å². The molecule has 0 saturated carbocycles. The number of nitrogens with one attached hydrogen (secondary N) is 2. The first-order chi connectivity index (χ1) is 11.5. The lowest BCUT2D eigenvalue weighted by atomic mass is 10.3. The van der Waals surface area contributed by atoms with Crippen LogP contribution in [0.3, 0.4) is 0 Å². The minimum absolute atomic E-state index is 0.149. The first-order valence-electron chi connectivity index (χ1n) is 8.14. The Balaban J connectivity index is 2.06. The monoisotopic (exact) mass is 352 g/mol. The molecule has 0 unspecified atom stereocenters. The van der Waals surface area contributed by atoms with Crippen molar-refractivity contribution in [2.75, 3.05) is 5.32 Å². The highest BCUT2D eigenvalue weighted by molar-refractivity contribution is 8.00. The van der Waals surface area contributed by atoms with E-state index in [1.807, 2.05) is 13.8 Å². The summed E-state index contributed by atoms with van der Waals surface area (Å²) in [7, 11) is 0. The summed E-state index contributed by atoms with van der Waals surface area (Å²) in [5.41, 5.74) is -0.248. The van der Waals surface area contributed by atoms with Gasteiger partial charge in [0.05, 0.1) is 17.5 Å². The van der Waals surface area contributed by atoms with E-state index in [4.69, 9.17) is 0 Å². The summed E-state index contributed by atoms with van der Waals surface area (Å²) in [6, 6.07) is 1.99. The molecule has 8 nitrogen and oxygen atoms in total. The maximum absolute atomic E-state index is 12.5. The van der Waals surface area contributed by atoms with Crippen LogP contribution in [0.4, 0.5) is 5.82 Å². The molecule has 2 aromatic rings. The van der Waals surface area contributed by atoms with E-state index in [0.29, 0.717) is 17.5 Å². The summed E-state index contributed by atoms with van der Waals surface area (Å²) >= 11 is 1.26. The second kappa shape index (κ2) is 8.18. The number of nitrogens with zero attached hydrogens (tertiary/aromatic N) is 4. The van der Waals surface area contributed by atoms with Crippen molar-refractivity contribution >= 4 is 23.5 Å². The molecular weight excluding hydrogens is 328 g/mol. The summed E-state index contributed by atoms with van der Waals surface area (Å²) < 4.78 is 3.36. The smallest absolute Gasteiger partial charge is 0.310 e. The van der Waals surface area contributed by atoms with Gasteiger partial charge in [-0.3, -0.25) is 9.36 Å². The van der Waals surface area contributed by atoms with E-state index in [9.17, 15) is 9.59 Å². The molecule has 0 fully saturated rings. The SMILES string of the molecule is CCCn1c(S[C@H](C)C(=O)Nc2ccnn2[C@H](C)CC)n[nH]c1=O. The van der Waals surface area contributed by atoms with E-state index in [0.717, 1.165) is 12.8 Å². The molecule has 0 aliphatic heterocycles. The minimum Gasteiger partial charge on any atom is -0.310 e. The lowest BCUT2D eigenvalue weighted by molar-refractivity contribution is -0.115. The first kappa shape index (κ1) is 18.3. The van der Waals surface area contributed by atoms with E-state index in [1.165, 1.54) is 11.8 Å². The summed E-state index contributed by atoms with van der Waals surface area (Å²) in [6.45, 7) is 8.47. The molecule has 0 saturated heterocycles. The Morgan fingerprint density at radius 3 is 2.83 bits per heavy atom. The number of thioether (sulfide) groups is 1. The fraction of sp³-hybridized carbons (Fsp3) is 0.600. The number of hydrogen-bond acceptors (Lipinski definition) is 5. The normalized spacial score (nSPS) is 13.7. The van der Waals surface area contributed by atoms with Crippen LogP contribution in [0.1, 0.15) is 46.6 Å². The maximum atomic E-state index is 12.5. The molecule has 2 heterocycles. The average molecular weight is 352 g/mol. The zero-order valence-electron chi connectivity index (χ0n) is 14.4. The number of anilines is 1. The van der Waals surface area contributed by atoms with Crippen LogP contribution in [-0.2, 0) is 11.3 Å². The van der Waals surface area contributed by atoms with Crippen molar-refractivity contribution in [2.45, 2.75) is 63.5 Å². The zero-order valence-corrected chi connectivity index (χ0v) is 15.3. The fourth-order valence-corrected chi connectivity index (χ4v) is 3.07. The van der Waals surface area contributed by atoms with Crippen LogP contribution in [0.15, 0.2) is 22.2 Å². The molecule has 0 aliphatic carbocycles. The van der Waals surface area contributed by atoms with E-state index in [-0.39, 0.29) is 17.6 Å². The third-order valence-electron chi connectivity index (χ3n) is 3.75. The van der Waals surface area contributed by atoms with Crippen molar-refractivity contribution in [3.63, 3.8) is 0 Å². The standard InChI is InChI=1S/C15H24N6O2S/c1-5-9-20-14(23)18-19-15(20)24-11(4)13(22)17-12-7-8-16-21(12)10(3)6-2/h7-8,10-11H,5-6,9H2,1-4H3,(H,17,22)(H,18,23)/t10-,11-/m1/s1. The Morgan fingerprint density at radius 2 is 2.17 bits per heavy atom. The van der Waals surface area contributed by atoms with Gasteiger partial charge in [0, 0.05) is 12.6 Å². The van der Waals surface area contributed by atoms with Crippen LogP contribution in [-0.4, -0.2) is 35.7 Å². The van der Waals surface area contributed by atoms with Crippen LogP contribution in [0.25, 0.3) is 0 Å². The minimum atomic E-state index is -0.393. The second-order valence-electron chi connectivity index (χ2n) is 5.63. The number of hydrogen-bond donors (Lipinski definition) is 2. The van der Waals surface area contributed by atoms with Gasteiger partial charge in [0.1, 0.15) is 5.82 Å². The molecule has 9 heteroatoms. The molecule has 0 aliphatic rings. The molecule has 2 N–H and O–H groups in total. The van der Waals surface area contributed by atoms with E-state index < -0.39 is 5.25 Å². The number of carbonyl (C=O) groups excluding carboxylic acids is 1. The van der Waals surface area contributed by atoms with Crippen LogP contribution in [0.2, 0.25) is 0 Å². The quantitative estimate of drug-likeness (QED) is 0.710. The molecule has 132 valence electrons. The van der Waals surface area contributed by atoms with Gasteiger partial charge in [-0.2, -0.15) is 5.10 Å². The zero-order chi connectivity index (χ0) is 17.7. The van der Waals surface area contributed by atoms with Crippen molar-refractivity contribution in [3.05, 3.63) is 22.7 Å². The molecule has 2 atom stereocenters. The third-order valence-corrected chi connectivity index (χ3v) is 4.84. The molecular formula is C15H24N6O2S. The second-order valence-corrected chi connectivity index (χ2v) is 6.94. The number of carbonyl (C=O) groups is 1. The lowest BCUT2D eigenvalue weighted by Gasteiger charge is -2.16. The van der Waals surface area contributed by atoms with Gasteiger partial charge in [-0.25, -0.2) is 14.6 Å². The van der Waals surface area contributed by atoms with Gasteiger partial charge < -0.3 is 5.32 Å². The van der Waals surface area contributed by atoms with Gasteiger partial charge in [0.25, 0.3) is 0 Å². The van der Waals surface area contributed by atoms with Crippen LogP contribution < -0.4 is 11.0 Å².